The standard InChI is InChI=1S/C12H20N4O7/c1-5(15-11(21)6(13)4-9(18)19)10(20)16-7(12(22)23)2-3-8(14)17/h5-7H,2-4,13H2,1H3,(H2,14,17)(H,15,21)(H,16,20)(H,18,19)(H,22,23)/t5-,6-,7-/m0/s1. The van der Waals surface area contributed by atoms with Gasteiger partial charge in [-0.2, -0.15) is 0 Å². The SMILES string of the molecule is C[C@H](NC(=O)[C@@H](N)CC(=O)O)C(=O)N[C@@H](CCC(N)=O)C(=O)O. The Labute approximate surface area is 131 Å². The molecule has 0 fully saturated rings. The quantitative estimate of drug-likeness (QED) is 0.245. The fraction of sp³-hybridized carbons (Fsp3) is 0.583. The molecule has 0 heterocycles. The predicted octanol–water partition coefficient (Wildman–Crippen LogP) is -2.87. The van der Waals surface area contributed by atoms with Gasteiger partial charge < -0.3 is 32.3 Å². The highest BCUT2D eigenvalue weighted by Crippen LogP contribution is 1.99. The molecule has 0 spiro atoms. The first kappa shape index (κ1) is 20.3. The van der Waals surface area contributed by atoms with Crippen molar-refractivity contribution in [2.24, 2.45) is 11.5 Å². The van der Waals surface area contributed by atoms with Crippen LogP contribution in [0.1, 0.15) is 26.2 Å². The minimum absolute atomic E-state index is 0.199. The molecule has 0 aliphatic heterocycles. The molecule has 11 heteroatoms. The Bertz CT molecular complexity index is 494. The van der Waals surface area contributed by atoms with E-state index in [4.69, 9.17) is 21.7 Å². The van der Waals surface area contributed by atoms with Crippen LogP contribution >= 0.6 is 0 Å². The number of primary amides is 1. The van der Waals surface area contributed by atoms with Crippen molar-refractivity contribution in [1.82, 2.24) is 10.6 Å². The van der Waals surface area contributed by atoms with Crippen LogP contribution in [-0.2, 0) is 24.0 Å². The van der Waals surface area contributed by atoms with Gasteiger partial charge in [0.1, 0.15) is 12.1 Å². The summed E-state index contributed by atoms with van der Waals surface area (Å²) in [4.78, 5) is 55.5. The van der Waals surface area contributed by atoms with Crippen LogP contribution < -0.4 is 22.1 Å². The second-order valence-electron chi connectivity index (χ2n) is 4.84. The Morgan fingerprint density at radius 2 is 1.61 bits per heavy atom. The largest absolute Gasteiger partial charge is 0.481 e. The number of carbonyl (C=O) groups excluding carboxylic acids is 3. The molecule has 0 aromatic rings. The zero-order valence-corrected chi connectivity index (χ0v) is 12.4. The Morgan fingerprint density at radius 1 is 1.04 bits per heavy atom. The van der Waals surface area contributed by atoms with E-state index in [1.165, 1.54) is 6.92 Å². The van der Waals surface area contributed by atoms with E-state index in [0.717, 1.165) is 0 Å². The summed E-state index contributed by atoms with van der Waals surface area (Å²) in [6.07, 6.45) is -1.05. The van der Waals surface area contributed by atoms with E-state index in [2.05, 4.69) is 10.6 Å². The third-order valence-electron chi connectivity index (χ3n) is 2.78. The first-order valence-electron chi connectivity index (χ1n) is 6.63. The van der Waals surface area contributed by atoms with Crippen LogP contribution in [0, 0.1) is 0 Å². The maximum absolute atomic E-state index is 11.8. The maximum Gasteiger partial charge on any atom is 0.326 e. The minimum Gasteiger partial charge on any atom is -0.481 e. The fourth-order valence-electron chi connectivity index (χ4n) is 1.51. The zero-order valence-electron chi connectivity index (χ0n) is 12.4. The van der Waals surface area contributed by atoms with Crippen LogP contribution in [-0.4, -0.2) is 58.0 Å². The van der Waals surface area contributed by atoms with Gasteiger partial charge in [0.2, 0.25) is 17.7 Å². The summed E-state index contributed by atoms with van der Waals surface area (Å²) in [5.41, 5.74) is 10.2. The van der Waals surface area contributed by atoms with Gasteiger partial charge in [-0.25, -0.2) is 4.79 Å². The molecule has 0 rings (SSSR count). The minimum atomic E-state index is -1.36. The molecule has 0 saturated carbocycles. The van der Waals surface area contributed by atoms with Gasteiger partial charge in [0.05, 0.1) is 12.5 Å². The van der Waals surface area contributed by atoms with E-state index in [9.17, 15) is 24.0 Å². The summed E-state index contributed by atoms with van der Waals surface area (Å²) in [5, 5.41) is 21.8. The molecule has 3 amide bonds. The number of amides is 3. The molecule has 3 atom stereocenters. The van der Waals surface area contributed by atoms with Crippen LogP contribution in [0.3, 0.4) is 0 Å². The van der Waals surface area contributed by atoms with E-state index in [0.29, 0.717) is 0 Å². The van der Waals surface area contributed by atoms with Crippen LogP contribution in [0.5, 0.6) is 0 Å². The number of hydrogen-bond acceptors (Lipinski definition) is 6. The third-order valence-corrected chi connectivity index (χ3v) is 2.78. The lowest BCUT2D eigenvalue weighted by molar-refractivity contribution is -0.143. The summed E-state index contributed by atoms with van der Waals surface area (Å²) in [7, 11) is 0. The van der Waals surface area contributed by atoms with E-state index in [-0.39, 0.29) is 12.8 Å². The smallest absolute Gasteiger partial charge is 0.326 e. The molecule has 0 bridgehead atoms. The van der Waals surface area contributed by atoms with Crippen LogP contribution in [0.4, 0.5) is 0 Å². The Balaban J connectivity index is 4.56. The first-order chi connectivity index (χ1) is 10.5. The number of aliphatic carboxylic acids is 2. The van der Waals surface area contributed by atoms with Gasteiger partial charge in [-0.1, -0.05) is 0 Å². The van der Waals surface area contributed by atoms with Gasteiger partial charge >= 0.3 is 11.9 Å². The number of carboxylic acid groups (broad SMARTS) is 2. The van der Waals surface area contributed by atoms with Crippen molar-refractivity contribution in [3.63, 3.8) is 0 Å². The molecular formula is C12H20N4O7. The number of rotatable bonds is 10. The van der Waals surface area contributed by atoms with Crippen molar-refractivity contribution in [3.8, 4) is 0 Å². The Morgan fingerprint density at radius 3 is 2.04 bits per heavy atom. The van der Waals surface area contributed by atoms with Crippen LogP contribution in [0.15, 0.2) is 0 Å². The number of hydrogen-bond donors (Lipinski definition) is 6. The molecule has 0 aromatic heterocycles. The molecule has 0 saturated heterocycles. The normalized spacial score (nSPS) is 14.2. The van der Waals surface area contributed by atoms with Crippen molar-refractivity contribution in [1.29, 1.82) is 0 Å². The summed E-state index contributed by atoms with van der Waals surface area (Å²) < 4.78 is 0. The molecule has 0 aromatic carbocycles. The Hall–Kier alpha value is -2.69. The first-order valence-corrected chi connectivity index (χ1v) is 6.63. The molecule has 11 nitrogen and oxygen atoms in total. The highest BCUT2D eigenvalue weighted by molar-refractivity contribution is 5.92. The molecular weight excluding hydrogens is 312 g/mol. The highest BCUT2D eigenvalue weighted by Gasteiger charge is 2.26. The predicted molar refractivity (Wildman–Crippen MR) is 75.8 cm³/mol. The van der Waals surface area contributed by atoms with E-state index >= 15 is 0 Å². The van der Waals surface area contributed by atoms with Gasteiger partial charge in [0, 0.05) is 6.42 Å². The lowest BCUT2D eigenvalue weighted by Gasteiger charge is -2.19. The zero-order chi connectivity index (χ0) is 18.2. The topological polar surface area (TPSA) is 202 Å². The molecule has 130 valence electrons. The monoisotopic (exact) mass is 332 g/mol. The van der Waals surface area contributed by atoms with Crippen molar-refractivity contribution in [2.45, 2.75) is 44.3 Å². The maximum atomic E-state index is 11.8. The van der Waals surface area contributed by atoms with E-state index in [1.54, 1.807) is 0 Å². The lowest BCUT2D eigenvalue weighted by Crippen LogP contribution is -2.53. The van der Waals surface area contributed by atoms with Gasteiger partial charge in [-0.15, -0.1) is 0 Å². The van der Waals surface area contributed by atoms with Crippen molar-refractivity contribution in [3.05, 3.63) is 0 Å². The number of nitrogens with one attached hydrogen (secondary N) is 2. The van der Waals surface area contributed by atoms with Gasteiger partial charge in [-0.05, 0) is 13.3 Å². The lowest BCUT2D eigenvalue weighted by atomic mass is 10.1. The second-order valence-corrected chi connectivity index (χ2v) is 4.84. The van der Waals surface area contributed by atoms with Crippen molar-refractivity contribution >= 4 is 29.7 Å². The molecule has 0 aliphatic carbocycles. The van der Waals surface area contributed by atoms with Crippen molar-refractivity contribution in [2.75, 3.05) is 0 Å². The van der Waals surface area contributed by atoms with E-state index < -0.39 is 54.2 Å². The summed E-state index contributed by atoms with van der Waals surface area (Å²) in [6.45, 7) is 1.27. The summed E-state index contributed by atoms with van der Waals surface area (Å²) in [6, 6.07) is -3.83. The van der Waals surface area contributed by atoms with Gasteiger partial charge in [0.25, 0.3) is 0 Å². The van der Waals surface area contributed by atoms with Crippen molar-refractivity contribution < 1.29 is 34.2 Å². The summed E-state index contributed by atoms with van der Waals surface area (Å²) >= 11 is 0. The number of carbonyl (C=O) groups is 5. The van der Waals surface area contributed by atoms with E-state index in [1.807, 2.05) is 0 Å². The average Bonchev–Trinajstić information content (AvgIpc) is 2.41. The highest BCUT2D eigenvalue weighted by atomic mass is 16.4. The van der Waals surface area contributed by atoms with Crippen LogP contribution in [0.2, 0.25) is 0 Å². The molecule has 0 radical (unpaired) electrons. The average molecular weight is 332 g/mol. The molecule has 23 heavy (non-hydrogen) atoms. The molecule has 0 aliphatic rings. The Kier molecular flexibility index (Phi) is 8.26. The number of carboxylic acids is 2. The molecule has 0 unspecified atom stereocenters. The fourth-order valence-corrected chi connectivity index (χ4v) is 1.51. The van der Waals surface area contributed by atoms with Gasteiger partial charge in [0.15, 0.2) is 0 Å². The van der Waals surface area contributed by atoms with Gasteiger partial charge in [-0.3, -0.25) is 19.2 Å². The van der Waals surface area contributed by atoms with Crippen LogP contribution in [0.25, 0.3) is 0 Å². The summed E-state index contributed by atoms with van der Waals surface area (Å²) in [5.74, 6) is -5.04. The molecule has 8 N–H and O–H groups in total. The number of nitrogens with two attached hydrogens (primary N) is 2. The second kappa shape index (κ2) is 9.35. The third kappa shape index (κ3) is 8.36.